The van der Waals surface area contributed by atoms with E-state index in [9.17, 15) is 0 Å². The van der Waals surface area contributed by atoms with Crippen LogP contribution in [0, 0.1) is 5.92 Å². The summed E-state index contributed by atoms with van der Waals surface area (Å²) in [7, 11) is 1.66. The van der Waals surface area contributed by atoms with Crippen LogP contribution in [-0.2, 0) is 4.74 Å². The molecule has 0 bridgehead atoms. The lowest BCUT2D eigenvalue weighted by molar-refractivity contribution is 0.0662. The fourth-order valence-electron chi connectivity index (χ4n) is 2.31. The smallest absolute Gasteiger partial charge is 0.196 e. The fraction of sp³-hybridized carbons (Fsp3) is 0.235. The highest BCUT2D eigenvalue weighted by molar-refractivity contribution is 5.86. The first-order valence-electron chi connectivity index (χ1n) is 6.72. The zero-order valence-corrected chi connectivity index (χ0v) is 11.6. The van der Waals surface area contributed by atoms with E-state index in [1.54, 1.807) is 7.11 Å². The molecule has 0 saturated carbocycles. The van der Waals surface area contributed by atoms with Gasteiger partial charge in [0.1, 0.15) is 11.9 Å². The van der Waals surface area contributed by atoms with Gasteiger partial charge in [-0.05, 0) is 36.8 Å². The number of benzene rings is 2. The van der Waals surface area contributed by atoms with E-state index in [1.807, 2.05) is 42.5 Å². The molecule has 0 amide bonds. The number of ether oxygens (including phenoxy) is 2. The predicted octanol–water partition coefficient (Wildman–Crippen LogP) is 4.13. The van der Waals surface area contributed by atoms with E-state index in [0.717, 1.165) is 17.3 Å². The molecule has 0 unspecified atom stereocenters. The first kappa shape index (κ1) is 12.7. The van der Waals surface area contributed by atoms with Crippen molar-refractivity contribution in [3.05, 3.63) is 60.2 Å². The zero-order chi connectivity index (χ0) is 13.9. The monoisotopic (exact) mass is 267 g/mol. The van der Waals surface area contributed by atoms with Crippen molar-refractivity contribution in [3.8, 4) is 5.75 Å². The lowest BCUT2D eigenvalue weighted by atomic mass is 9.92. The molecule has 1 fully saturated rings. The molecule has 3 heteroatoms. The number of rotatable bonds is 3. The van der Waals surface area contributed by atoms with E-state index < -0.39 is 0 Å². The van der Waals surface area contributed by atoms with Crippen molar-refractivity contribution in [2.45, 2.75) is 13.0 Å². The highest BCUT2D eigenvalue weighted by Crippen LogP contribution is 2.38. The molecule has 3 rings (SSSR count). The minimum absolute atomic E-state index is 0.119. The van der Waals surface area contributed by atoms with Gasteiger partial charge in [-0.25, -0.2) is 4.99 Å². The van der Waals surface area contributed by atoms with Crippen LogP contribution < -0.4 is 4.74 Å². The van der Waals surface area contributed by atoms with Gasteiger partial charge in [0.05, 0.1) is 18.7 Å². The van der Waals surface area contributed by atoms with Crippen molar-refractivity contribution in [2.24, 2.45) is 10.9 Å². The molecule has 2 aromatic carbocycles. The maximum Gasteiger partial charge on any atom is 0.196 e. The highest BCUT2D eigenvalue weighted by atomic mass is 16.5. The number of hydrogen-bond donors (Lipinski definition) is 0. The summed E-state index contributed by atoms with van der Waals surface area (Å²) in [6, 6.07) is 17.9. The van der Waals surface area contributed by atoms with Gasteiger partial charge in [0.25, 0.3) is 0 Å². The summed E-state index contributed by atoms with van der Waals surface area (Å²) >= 11 is 0. The van der Waals surface area contributed by atoms with Crippen molar-refractivity contribution in [1.82, 2.24) is 0 Å². The fourth-order valence-corrected chi connectivity index (χ4v) is 2.31. The summed E-state index contributed by atoms with van der Waals surface area (Å²) in [5, 5.41) is 0. The summed E-state index contributed by atoms with van der Waals surface area (Å²) in [6.45, 7) is 2.14. The van der Waals surface area contributed by atoms with Crippen LogP contribution in [0.5, 0.6) is 5.75 Å². The number of hydrogen-bond acceptors (Lipinski definition) is 3. The van der Waals surface area contributed by atoms with Crippen molar-refractivity contribution >= 4 is 11.6 Å². The summed E-state index contributed by atoms with van der Waals surface area (Å²) < 4.78 is 10.9. The highest BCUT2D eigenvalue weighted by Gasteiger charge is 2.37. The first-order valence-corrected chi connectivity index (χ1v) is 6.72. The molecule has 0 N–H and O–H groups in total. The molecule has 2 atom stereocenters. The van der Waals surface area contributed by atoms with E-state index in [2.05, 4.69) is 24.0 Å². The van der Waals surface area contributed by atoms with E-state index in [-0.39, 0.29) is 6.10 Å². The number of methoxy groups -OCH3 is 1. The van der Waals surface area contributed by atoms with E-state index in [0.29, 0.717) is 5.92 Å². The van der Waals surface area contributed by atoms with Gasteiger partial charge >= 0.3 is 0 Å². The summed E-state index contributed by atoms with van der Waals surface area (Å²) in [6.07, 6.45) is 0.119. The van der Waals surface area contributed by atoms with Gasteiger partial charge in [0, 0.05) is 0 Å². The molecule has 1 heterocycles. The zero-order valence-electron chi connectivity index (χ0n) is 11.6. The second-order valence-electron chi connectivity index (χ2n) is 4.89. The minimum Gasteiger partial charge on any atom is -0.497 e. The third kappa shape index (κ3) is 2.39. The third-order valence-corrected chi connectivity index (χ3v) is 3.53. The maximum atomic E-state index is 5.82. The van der Waals surface area contributed by atoms with Gasteiger partial charge in [-0.15, -0.1) is 0 Å². The van der Waals surface area contributed by atoms with Crippen LogP contribution in [0.15, 0.2) is 59.6 Å². The topological polar surface area (TPSA) is 30.8 Å². The average molecular weight is 267 g/mol. The van der Waals surface area contributed by atoms with Gasteiger partial charge in [0.15, 0.2) is 5.90 Å². The molecule has 0 aliphatic carbocycles. The molecule has 1 aliphatic heterocycles. The molecule has 3 nitrogen and oxygen atoms in total. The summed E-state index contributed by atoms with van der Waals surface area (Å²) in [5.74, 6) is 1.93. The quantitative estimate of drug-likeness (QED) is 0.837. The Kier molecular flexibility index (Phi) is 3.42. The van der Waals surface area contributed by atoms with Crippen molar-refractivity contribution in [1.29, 1.82) is 0 Å². The molecule has 2 aromatic rings. The SMILES string of the molecule is COc1ccc(N=C2O[C@@H](c3ccccc3)[C@H]2C)cc1. The molecule has 20 heavy (non-hydrogen) atoms. The Morgan fingerprint density at radius 1 is 1.00 bits per heavy atom. The normalized spacial score (nSPS) is 23.0. The molecule has 1 saturated heterocycles. The Balaban J connectivity index is 1.72. The predicted molar refractivity (Wildman–Crippen MR) is 79.5 cm³/mol. The van der Waals surface area contributed by atoms with Gasteiger partial charge in [0.2, 0.25) is 0 Å². The maximum absolute atomic E-state index is 5.82. The second-order valence-corrected chi connectivity index (χ2v) is 4.89. The largest absolute Gasteiger partial charge is 0.497 e. The first-order chi connectivity index (χ1) is 9.78. The van der Waals surface area contributed by atoms with E-state index >= 15 is 0 Å². The molecule has 0 spiro atoms. The molecule has 0 aromatic heterocycles. The Morgan fingerprint density at radius 3 is 2.30 bits per heavy atom. The van der Waals surface area contributed by atoms with Crippen molar-refractivity contribution < 1.29 is 9.47 Å². The van der Waals surface area contributed by atoms with Crippen LogP contribution in [0.3, 0.4) is 0 Å². The Bertz CT molecular complexity index is 605. The van der Waals surface area contributed by atoms with Crippen LogP contribution in [-0.4, -0.2) is 13.0 Å². The van der Waals surface area contributed by atoms with Crippen LogP contribution in [0.2, 0.25) is 0 Å². The van der Waals surface area contributed by atoms with Gasteiger partial charge in [-0.3, -0.25) is 0 Å². The third-order valence-electron chi connectivity index (χ3n) is 3.53. The van der Waals surface area contributed by atoms with E-state index in [4.69, 9.17) is 9.47 Å². The lowest BCUT2D eigenvalue weighted by Crippen LogP contribution is -2.36. The van der Waals surface area contributed by atoms with Crippen LogP contribution in [0.4, 0.5) is 5.69 Å². The Labute approximate surface area is 118 Å². The molecular formula is C17H17NO2. The Morgan fingerprint density at radius 2 is 1.70 bits per heavy atom. The molecule has 1 aliphatic rings. The minimum atomic E-state index is 0.119. The van der Waals surface area contributed by atoms with Gasteiger partial charge in [-0.1, -0.05) is 30.3 Å². The molecular weight excluding hydrogens is 250 g/mol. The van der Waals surface area contributed by atoms with Crippen LogP contribution in [0.25, 0.3) is 0 Å². The summed E-state index contributed by atoms with van der Waals surface area (Å²) in [5.41, 5.74) is 2.09. The van der Waals surface area contributed by atoms with Crippen molar-refractivity contribution in [3.63, 3.8) is 0 Å². The molecule has 102 valence electrons. The lowest BCUT2D eigenvalue weighted by Gasteiger charge is -2.36. The van der Waals surface area contributed by atoms with Gasteiger partial charge in [-0.2, -0.15) is 0 Å². The number of aliphatic imine (C=N–C) groups is 1. The van der Waals surface area contributed by atoms with Crippen LogP contribution >= 0.6 is 0 Å². The average Bonchev–Trinajstić information content (AvgIpc) is 2.52. The number of nitrogens with zero attached hydrogens (tertiary/aromatic N) is 1. The van der Waals surface area contributed by atoms with E-state index in [1.165, 1.54) is 5.56 Å². The Hall–Kier alpha value is -2.29. The van der Waals surface area contributed by atoms with Crippen LogP contribution in [0.1, 0.15) is 18.6 Å². The van der Waals surface area contributed by atoms with Crippen molar-refractivity contribution in [2.75, 3.05) is 7.11 Å². The van der Waals surface area contributed by atoms with Gasteiger partial charge < -0.3 is 9.47 Å². The molecule has 0 radical (unpaired) electrons. The standard InChI is InChI=1S/C17H17NO2/c1-12-16(13-6-4-3-5-7-13)20-17(12)18-14-8-10-15(19-2)11-9-14/h3-12,16H,1-2H3/t12-,16-/m1/s1. The summed E-state index contributed by atoms with van der Waals surface area (Å²) in [4.78, 5) is 4.54. The second kappa shape index (κ2) is 5.37.